The van der Waals surface area contributed by atoms with Gasteiger partial charge < -0.3 is 5.32 Å². The molecule has 2 aromatic rings. The van der Waals surface area contributed by atoms with Crippen LogP contribution in [0, 0.1) is 11.6 Å². The molecule has 27 heavy (non-hydrogen) atoms. The van der Waals surface area contributed by atoms with E-state index in [0.29, 0.717) is 17.5 Å². The molecule has 146 valence electrons. The van der Waals surface area contributed by atoms with Gasteiger partial charge in [0.25, 0.3) is 0 Å². The van der Waals surface area contributed by atoms with Crippen LogP contribution in [-0.4, -0.2) is 20.9 Å². The molecule has 1 atom stereocenters. The molecule has 9 heteroatoms. The Balaban J connectivity index is 1.90. The van der Waals surface area contributed by atoms with Crippen LogP contribution < -0.4 is 10.0 Å². The highest BCUT2D eigenvalue weighted by molar-refractivity contribution is 7.89. The normalized spacial score (nSPS) is 12.6. The van der Waals surface area contributed by atoms with Crippen LogP contribution in [0.3, 0.4) is 0 Å². The van der Waals surface area contributed by atoms with E-state index >= 15 is 0 Å². The first-order valence-corrected chi connectivity index (χ1v) is 10.1. The van der Waals surface area contributed by atoms with Gasteiger partial charge in [0.05, 0.1) is 10.9 Å². The predicted molar refractivity (Wildman–Crippen MR) is 98.8 cm³/mol. The fraction of sp³-hybridized carbons (Fsp3) is 0.278. The van der Waals surface area contributed by atoms with Crippen LogP contribution >= 0.6 is 11.6 Å². The first-order chi connectivity index (χ1) is 12.7. The highest BCUT2D eigenvalue weighted by Crippen LogP contribution is 2.19. The van der Waals surface area contributed by atoms with Crippen LogP contribution in [0.5, 0.6) is 0 Å². The molecule has 0 saturated heterocycles. The largest absolute Gasteiger partial charge is 0.349 e. The van der Waals surface area contributed by atoms with Crippen LogP contribution in [-0.2, 0) is 14.8 Å². The number of sulfonamides is 1. The second kappa shape index (κ2) is 9.25. The van der Waals surface area contributed by atoms with Gasteiger partial charge in [-0.1, -0.05) is 30.7 Å². The monoisotopic (exact) mass is 416 g/mol. The molecule has 1 amide bonds. The summed E-state index contributed by atoms with van der Waals surface area (Å²) in [6.07, 6.45) is 0.543. The SMILES string of the molecule is CC[C@H](NC(=O)CCNS(=O)(=O)c1ccc(F)c(F)c1)c1ccc(Cl)cc1. The molecule has 0 aliphatic rings. The van der Waals surface area contributed by atoms with E-state index in [4.69, 9.17) is 11.6 Å². The quantitative estimate of drug-likeness (QED) is 0.691. The zero-order chi connectivity index (χ0) is 20.0. The van der Waals surface area contributed by atoms with Crippen molar-refractivity contribution in [1.82, 2.24) is 10.0 Å². The number of carbonyl (C=O) groups is 1. The van der Waals surface area contributed by atoms with E-state index < -0.39 is 26.6 Å². The fourth-order valence-corrected chi connectivity index (χ4v) is 3.58. The number of benzene rings is 2. The van der Waals surface area contributed by atoms with Crippen molar-refractivity contribution in [1.29, 1.82) is 0 Å². The minimum absolute atomic E-state index is 0.104. The van der Waals surface area contributed by atoms with E-state index in [9.17, 15) is 22.0 Å². The summed E-state index contributed by atoms with van der Waals surface area (Å²) in [6.45, 7) is 1.73. The summed E-state index contributed by atoms with van der Waals surface area (Å²) in [5.41, 5.74) is 0.887. The van der Waals surface area contributed by atoms with Gasteiger partial charge in [-0.05, 0) is 42.3 Å². The third-order valence-corrected chi connectivity index (χ3v) is 5.57. The molecule has 0 unspecified atom stereocenters. The number of rotatable bonds is 8. The average molecular weight is 417 g/mol. The third-order valence-electron chi connectivity index (χ3n) is 3.86. The van der Waals surface area contributed by atoms with Crippen LogP contribution in [0.15, 0.2) is 47.4 Å². The smallest absolute Gasteiger partial charge is 0.240 e. The summed E-state index contributed by atoms with van der Waals surface area (Å²) in [5, 5.41) is 3.41. The Hall–Kier alpha value is -2.03. The number of nitrogens with one attached hydrogen (secondary N) is 2. The lowest BCUT2D eigenvalue weighted by Gasteiger charge is -2.17. The van der Waals surface area contributed by atoms with Crippen LogP contribution in [0.1, 0.15) is 31.4 Å². The molecule has 5 nitrogen and oxygen atoms in total. The summed E-state index contributed by atoms with van der Waals surface area (Å²) in [4.78, 5) is 11.7. The summed E-state index contributed by atoms with van der Waals surface area (Å²) in [7, 11) is -4.04. The molecule has 0 saturated carbocycles. The molecule has 0 aliphatic heterocycles. The Morgan fingerprint density at radius 3 is 2.37 bits per heavy atom. The molecule has 0 radical (unpaired) electrons. The number of amides is 1. The maximum atomic E-state index is 13.2. The number of hydrogen-bond donors (Lipinski definition) is 2. The van der Waals surface area contributed by atoms with Crippen molar-refractivity contribution in [3.05, 3.63) is 64.7 Å². The summed E-state index contributed by atoms with van der Waals surface area (Å²) >= 11 is 5.85. The summed E-state index contributed by atoms with van der Waals surface area (Å²) in [6, 6.07) is 9.11. The Kier molecular flexibility index (Phi) is 7.29. The van der Waals surface area contributed by atoms with Crippen LogP contribution in [0.25, 0.3) is 0 Å². The van der Waals surface area contributed by atoms with Crippen molar-refractivity contribution in [2.45, 2.75) is 30.7 Å². The first-order valence-electron chi connectivity index (χ1n) is 8.22. The van der Waals surface area contributed by atoms with Gasteiger partial charge in [-0.3, -0.25) is 4.79 Å². The Morgan fingerprint density at radius 1 is 1.11 bits per heavy atom. The van der Waals surface area contributed by atoms with Gasteiger partial charge in [0.2, 0.25) is 15.9 Å². The van der Waals surface area contributed by atoms with Gasteiger partial charge >= 0.3 is 0 Å². The molecule has 2 rings (SSSR count). The van der Waals surface area contributed by atoms with Crippen molar-refractivity contribution in [3.63, 3.8) is 0 Å². The van der Waals surface area contributed by atoms with E-state index in [0.717, 1.165) is 17.7 Å². The van der Waals surface area contributed by atoms with Crippen molar-refractivity contribution in [3.8, 4) is 0 Å². The Bertz CT molecular complexity index is 905. The van der Waals surface area contributed by atoms with Crippen molar-refractivity contribution < 1.29 is 22.0 Å². The van der Waals surface area contributed by atoms with Crippen LogP contribution in [0.2, 0.25) is 5.02 Å². The van der Waals surface area contributed by atoms with Gasteiger partial charge in [-0.2, -0.15) is 0 Å². The van der Waals surface area contributed by atoms with E-state index in [2.05, 4.69) is 10.0 Å². The van der Waals surface area contributed by atoms with Crippen molar-refractivity contribution >= 4 is 27.5 Å². The van der Waals surface area contributed by atoms with E-state index in [1.54, 1.807) is 12.1 Å². The minimum Gasteiger partial charge on any atom is -0.349 e. The predicted octanol–water partition coefficient (Wildman–Crippen LogP) is 3.55. The molecule has 2 aromatic carbocycles. The van der Waals surface area contributed by atoms with E-state index in [1.807, 2.05) is 19.1 Å². The van der Waals surface area contributed by atoms with Gasteiger partial charge in [0.1, 0.15) is 0 Å². The Morgan fingerprint density at radius 2 is 1.78 bits per heavy atom. The molecular weight excluding hydrogens is 398 g/mol. The van der Waals surface area contributed by atoms with Gasteiger partial charge in [0.15, 0.2) is 11.6 Å². The fourth-order valence-electron chi connectivity index (χ4n) is 2.41. The molecular formula is C18H19ClF2N2O3S. The third kappa shape index (κ3) is 5.98. The molecule has 0 aromatic heterocycles. The minimum atomic E-state index is -4.04. The average Bonchev–Trinajstić information content (AvgIpc) is 2.62. The summed E-state index contributed by atoms with van der Waals surface area (Å²) in [5.74, 6) is -2.74. The number of hydrogen-bond acceptors (Lipinski definition) is 3. The number of carbonyl (C=O) groups excluding carboxylic acids is 1. The van der Waals surface area contributed by atoms with Crippen LogP contribution in [0.4, 0.5) is 8.78 Å². The van der Waals surface area contributed by atoms with E-state index in [1.165, 1.54) is 0 Å². The zero-order valence-corrected chi connectivity index (χ0v) is 16.1. The zero-order valence-electron chi connectivity index (χ0n) is 14.5. The second-order valence-electron chi connectivity index (χ2n) is 5.80. The lowest BCUT2D eigenvalue weighted by atomic mass is 10.0. The molecule has 2 N–H and O–H groups in total. The topological polar surface area (TPSA) is 75.3 Å². The standard InChI is InChI=1S/C18H19ClF2N2O3S/c1-2-17(12-3-5-13(19)6-4-12)23-18(24)9-10-22-27(25,26)14-7-8-15(20)16(21)11-14/h3-8,11,17,22H,2,9-10H2,1H3,(H,23,24)/t17-/m0/s1. The van der Waals surface area contributed by atoms with Crippen molar-refractivity contribution in [2.24, 2.45) is 0 Å². The summed E-state index contributed by atoms with van der Waals surface area (Å²) < 4.78 is 52.4. The number of halogens is 3. The molecule has 0 aliphatic carbocycles. The maximum Gasteiger partial charge on any atom is 0.240 e. The molecule has 0 spiro atoms. The molecule has 0 fully saturated rings. The maximum absolute atomic E-state index is 13.2. The van der Waals surface area contributed by atoms with Crippen molar-refractivity contribution in [2.75, 3.05) is 6.54 Å². The highest BCUT2D eigenvalue weighted by Gasteiger charge is 2.17. The van der Waals surface area contributed by atoms with Gasteiger partial charge in [0, 0.05) is 18.0 Å². The Labute approximate surface area is 161 Å². The first kappa shape index (κ1) is 21.3. The molecule has 0 bridgehead atoms. The second-order valence-corrected chi connectivity index (χ2v) is 8.01. The highest BCUT2D eigenvalue weighted by atomic mass is 35.5. The lowest BCUT2D eigenvalue weighted by Crippen LogP contribution is -2.32. The van der Waals surface area contributed by atoms with Gasteiger partial charge in [-0.15, -0.1) is 0 Å². The van der Waals surface area contributed by atoms with Gasteiger partial charge in [-0.25, -0.2) is 21.9 Å². The molecule has 0 heterocycles. The van der Waals surface area contributed by atoms with E-state index in [-0.39, 0.29) is 24.9 Å². The lowest BCUT2D eigenvalue weighted by molar-refractivity contribution is -0.121.